The van der Waals surface area contributed by atoms with E-state index in [1.165, 1.54) is 6.92 Å². The number of anilines is 1. The lowest BCUT2D eigenvalue weighted by Crippen LogP contribution is -2.26. The largest absolute Gasteiger partial charge is 0.368 e. The Bertz CT molecular complexity index is 631. The van der Waals surface area contributed by atoms with Gasteiger partial charge in [0.05, 0.1) is 0 Å². The van der Waals surface area contributed by atoms with Crippen LogP contribution in [0.3, 0.4) is 0 Å². The summed E-state index contributed by atoms with van der Waals surface area (Å²) in [5.74, 6) is 1.05. The topological polar surface area (TPSA) is 66.9 Å². The van der Waals surface area contributed by atoms with E-state index in [1.54, 1.807) is 18.2 Å². The quantitative estimate of drug-likeness (QED) is 0.655. The molecule has 0 aliphatic heterocycles. The van der Waals surface area contributed by atoms with Crippen LogP contribution in [0, 0.1) is 0 Å². The van der Waals surface area contributed by atoms with Gasteiger partial charge >= 0.3 is 0 Å². The number of halogens is 2. The Balaban J connectivity index is 2.10. The summed E-state index contributed by atoms with van der Waals surface area (Å²) in [6, 6.07) is 8.83. The highest BCUT2D eigenvalue weighted by molar-refractivity contribution is 6.30. The molecule has 2 N–H and O–H groups in total. The third kappa shape index (κ3) is 4.88. The second-order valence-corrected chi connectivity index (χ2v) is 5.14. The number of hydrogen-bond acceptors (Lipinski definition) is 4. The van der Waals surface area contributed by atoms with E-state index in [1.807, 2.05) is 12.1 Å². The number of benzene rings is 1. The molecule has 0 spiro atoms. The lowest BCUT2D eigenvalue weighted by Gasteiger charge is -2.08. The van der Waals surface area contributed by atoms with Crippen LogP contribution in [0.5, 0.6) is 0 Å². The summed E-state index contributed by atoms with van der Waals surface area (Å²) in [4.78, 5) is 19.4. The summed E-state index contributed by atoms with van der Waals surface area (Å²) in [7, 11) is 0. The number of hydrogen-bond donors (Lipinski definition) is 2. The minimum absolute atomic E-state index is 0.0700. The average Bonchev–Trinajstić information content (AvgIpc) is 2.43. The van der Waals surface area contributed by atoms with Crippen molar-refractivity contribution in [2.75, 3.05) is 18.4 Å². The molecule has 110 valence electrons. The number of nitrogens with zero attached hydrogens (tertiary/aromatic N) is 2. The van der Waals surface area contributed by atoms with Crippen LogP contribution in [0.15, 0.2) is 30.3 Å². The number of amides is 1. The Kier molecular flexibility index (Phi) is 5.36. The molecule has 0 radical (unpaired) electrons. The third-order valence-corrected chi connectivity index (χ3v) is 3.05. The van der Waals surface area contributed by atoms with Crippen molar-refractivity contribution in [3.05, 3.63) is 40.5 Å². The molecule has 1 amide bonds. The van der Waals surface area contributed by atoms with Gasteiger partial charge in [0, 0.05) is 36.7 Å². The first-order chi connectivity index (χ1) is 10.0. The van der Waals surface area contributed by atoms with Gasteiger partial charge in [-0.25, -0.2) is 9.97 Å². The van der Waals surface area contributed by atoms with Gasteiger partial charge in [-0.2, -0.15) is 0 Å². The second kappa shape index (κ2) is 7.24. The molecule has 2 aromatic rings. The molecule has 0 aliphatic carbocycles. The van der Waals surface area contributed by atoms with Crippen molar-refractivity contribution >= 4 is 34.9 Å². The molecule has 5 nitrogen and oxygen atoms in total. The molecule has 0 saturated carbocycles. The van der Waals surface area contributed by atoms with E-state index in [9.17, 15) is 4.79 Å². The second-order valence-electron chi connectivity index (χ2n) is 4.32. The first-order valence-electron chi connectivity index (χ1n) is 6.33. The van der Waals surface area contributed by atoms with Gasteiger partial charge in [-0.3, -0.25) is 4.79 Å². The SMILES string of the molecule is CC(=O)NCCNc1cc(Cl)nc(-c2ccc(Cl)cc2)n1. The van der Waals surface area contributed by atoms with Crippen molar-refractivity contribution in [2.45, 2.75) is 6.92 Å². The van der Waals surface area contributed by atoms with Crippen LogP contribution in [-0.4, -0.2) is 29.0 Å². The van der Waals surface area contributed by atoms with Gasteiger partial charge < -0.3 is 10.6 Å². The molecule has 1 aromatic heterocycles. The smallest absolute Gasteiger partial charge is 0.216 e. The van der Waals surface area contributed by atoms with Crippen molar-refractivity contribution in [1.82, 2.24) is 15.3 Å². The van der Waals surface area contributed by atoms with Gasteiger partial charge in [-0.15, -0.1) is 0 Å². The van der Waals surface area contributed by atoms with Crippen LogP contribution >= 0.6 is 23.2 Å². The van der Waals surface area contributed by atoms with Crippen LogP contribution in [-0.2, 0) is 4.79 Å². The highest BCUT2D eigenvalue weighted by Crippen LogP contribution is 2.21. The van der Waals surface area contributed by atoms with Gasteiger partial charge in [0.15, 0.2) is 5.82 Å². The number of rotatable bonds is 5. The Hall–Kier alpha value is -1.85. The minimum atomic E-state index is -0.0700. The third-order valence-electron chi connectivity index (χ3n) is 2.60. The van der Waals surface area contributed by atoms with Gasteiger partial charge in [-0.05, 0) is 24.3 Å². The zero-order valence-corrected chi connectivity index (χ0v) is 12.9. The predicted molar refractivity (Wildman–Crippen MR) is 84.7 cm³/mol. The summed E-state index contributed by atoms with van der Waals surface area (Å²) < 4.78 is 0. The van der Waals surface area contributed by atoms with Crippen LogP contribution in [0.25, 0.3) is 11.4 Å². The van der Waals surface area contributed by atoms with Crippen molar-refractivity contribution in [2.24, 2.45) is 0 Å². The van der Waals surface area contributed by atoms with Crippen LogP contribution < -0.4 is 10.6 Å². The maximum absolute atomic E-state index is 10.8. The summed E-state index contributed by atoms with van der Waals surface area (Å²) >= 11 is 11.9. The normalized spacial score (nSPS) is 10.2. The average molecular weight is 325 g/mol. The Morgan fingerprint density at radius 3 is 2.52 bits per heavy atom. The molecule has 0 fully saturated rings. The number of aromatic nitrogens is 2. The lowest BCUT2D eigenvalue weighted by molar-refractivity contribution is -0.118. The van der Waals surface area contributed by atoms with E-state index in [2.05, 4.69) is 20.6 Å². The van der Waals surface area contributed by atoms with E-state index in [-0.39, 0.29) is 5.91 Å². The van der Waals surface area contributed by atoms with E-state index in [0.29, 0.717) is 34.9 Å². The molecule has 7 heteroatoms. The van der Waals surface area contributed by atoms with E-state index >= 15 is 0 Å². The lowest BCUT2D eigenvalue weighted by atomic mass is 10.2. The monoisotopic (exact) mass is 324 g/mol. The fourth-order valence-electron chi connectivity index (χ4n) is 1.67. The number of carbonyl (C=O) groups excluding carboxylic acids is 1. The Morgan fingerprint density at radius 1 is 1.14 bits per heavy atom. The number of nitrogens with one attached hydrogen (secondary N) is 2. The fraction of sp³-hybridized carbons (Fsp3) is 0.214. The van der Waals surface area contributed by atoms with Gasteiger partial charge in [0.1, 0.15) is 11.0 Å². The Labute approximate surface area is 132 Å². The zero-order chi connectivity index (χ0) is 15.2. The maximum Gasteiger partial charge on any atom is 0.216 e. The first kappa shape index (κ1) is 15.5. The van der Waals surface area contributed by atoms with Gasteiger partial charge in [0.25, 0.3) is 0 Å². The molecule has 0 aliphatic rings. The minimum Gasteiger partial charge on any atom is -0.368 e. The van der Waals surface area contributed by atoms with E-state index < -0.39 is 0 Å². The summed E-state index contributed by atoms with van der Waals surface area (Å²) in [6.07, 6.45) is 0. The summed E-state index contributed by atoms with van der Waals surface area (Å²) in [5, 5.41) is 6.77. The molecule has 21 heavy (non-hydrogen) atoms. The molecule has 1 aromatic carbocycles. The Morgan fingerprint density at radius 2 is 1.86 bits per heavy atom. The highest BCUT2D eigenvalue weighted by atomic mass is 35.5. The van der Waals surface area contributed by atoms with Crippen molar-refractivity contribution in [3.63, 3.8) is 0 Å². The predicted octanol–water partition coefficient (Wildman–Crippen LogP) is 3.00. The van der Waals surface area contributed by atoms with Crippen molar-refractivity contribution in [3.8, 4) is 11.4 Å². The maximum atomic E-state index is 10.8. The highest BCUT2D eigenvalue weighted by Gasteiger charge is 2.06. The zero-order valence-electron chi connectivity index (χ0n) is 11.4. The molecule has 0 saturated heterocycles. The van der Waals surface area contributed by atoms with E-state index in [4.69, 9.17) is 23.2 Å². The van der Waals surface area contributed by atoms with Crippen LogP contribution in [0.2, 0.25) is 10.2 Å². The van der Waals surface area contributed by atoms with Crippen LogP contribution in [0.1, 0.15) is 6.92 Å². The molecule has 0 bridgehead atoms. The molecule has 0 unspecified atom stereocenters. The molecule has 0 atom stereocenters. The van der Waals surface area contributed by atoms with Gasteiger partial charge in [-0.1, -0.05) is 23.2 Å². The van der Waals surface area contributed by atoms with E-state index in [0.717, 1.165) is 5.56 Å². The fourth-order valence-corrected chi connectivity index (χ4v) is 1.97. The van der Waals surface area contributed by atoms with Crippen molar-refractivity contribution < 1.29 is 4.79 Å². The first-order valence-corrected chi connectivity index (χ1v) is 7.09. The molecular weight excluding hydrogens is 311 g/mol. The molecule has 2 rings (SSSR count). The van der Waals surface area contributed by atoms with Crippen LogP contribution in [0.4, 0.5) is 5.82 Å². The van der Waals surface area contributed by atoms with Gasteiger partial charge in [0.2, 0.25) is 5.91 Å². The van der Waals surface area contributed by atoms with Crippen molar-refractivity contribution in [1.29, 1.82) is 0 Å². The number of carbonyl (C=O) groups is 1. The summed E-state index contributed by atoms with van der Waals surface area (Å²) in [5.41, 5.74) is 0.826. The summed E-state index contributed by atoms with van der Waals surface area (Å²) in [6.45, 7) is 2.53. The molecular formula is C14H14Cl2N4O. The molecule has 1 heterocycles. The standard InChI is InChI=1S/C14H14Cl2N4O/c1-9(21)17-6-7-18-13-8-12(16)19-14(20-13)10-2-4-11(15)5-3-10/h2-5,8H,6-7H2,1H3,(H,17,21)(H,18,19,20).